The summed E-state index contributed by atoms with van der Waals surface area (Å²) in [7, 11) is 0. The van der Waals surface area contributed by atoms with Crippen LogP contribution in [0.15, 0.2) is 180 Å². The quantitative estimate of drug-likeness (QED) is 0.171. The van der Waals surface area contributed by atoms with Gasteiger partial charge in [0.2, 0.25) is 0 Å². The van der Waals surface area contributed by atoms with Crippen LogP contribution in [0, 0.1) is 0 Å². The fraction of sp³-hybridized carbons (Fsp3) is 0.0385. The van der Waals surface area contributed by atoms with Crippen LogP contribution < -0.4 is 0 Å². The number of fused-ring (bicyclic) bond motifs is 10. The van der Waals surface area contributed by atoms with Crippen molar-refractivity contribution in [1.82, 2.24) is 9.97 Å². The molecule has 0 saturated carbocycles. The van der Waals surface area contributed by atoms with Gasteiger partial charge in [-0.2, -0.15) is 0 Å². The number of nitrogens with zero attached hydrogens (tertiary/aromatic N) is 2. The van der Waals surface area contributed by atoms with Gasteiger partial charge in [0.05, 0.1) is 22.4 Å². The molecule has 1 aliphatic carbocycles. The van der Waals surface area contributed by atoms with E-state index < -0.39 is 0 Å². The summed E-state index contributed by atoms with van der Waals surface area (Å²) in [6, 6.07) is 58.0. The highest BCUT2D eigenvalue weighted by molar-refractivity contribution is 6.24. The molecule has 0 saturated heterocycles. The van der Waals surface area contributed by atoms with Crippen LogP contribution in [0.5, 0.6) is 0 Å². The standard InChI is InChI=1S/C52H34N2O/c1-2-10-33(11-3-1)34-12-9-17-41-36(23-20-34)24-27-38-28-31-46(53-50(38)41)37-25-21-35(22-26-37)39-13-8-14-40(32-39)51-45-30-29-43-42-15-5-7-19-48(42)55-52(43)49(45)44-16-4-6-18-47(44)54-51/h1-8,10-16,18-32H,9,17H2. The van der Waals surface area contributed by atoms with E-state index in [0.717, 1.165) is 95.6 Å². The molecule has 3 heteroatoms. The first-order valence-corrected chi connectivity index (χ1v) is 19.0. The number of benzene rings is 7. The van der Waals surface area contributed by atoms with Crippen molar-refractivity contribution in [2.75, 3.05) is 0 Å². The second-order valence-electron chi connectivity index (χ2n) is 14.4. The maximum atomic E-state index is 6.55. The normalized spacial score (nSPS) is 13.0. The number of hydrogen-bond donors (Lipinski definition) is 0. The number of rotatable bonds is 4. The van der Waals surface area contributed by atoms with Gasteiger partial charge in [-0.15, -0.1) is 0 Å². The van der Waals surface area contributed by atoms with Gasteiger partial charge in [-0.05, 0) is 76.6 Å². The molecule has 11 rings (SSSR count). The van der Waals surface area contributed by atoms with E-state index in [-0.39, 0.29) is 0 Å². The van der Waals surface area contributed by atoms with Crippen LogP contribution in [0.1, 0.15) is 23.1 Å². The Morgan fingerprint density at radius 3 is 2.15 bits per heavy atom. The number of pyridine rings is 2. The molecule has 1 aliphatic rings. The Morgan fingerprint density at radius 2 is 1.24 bits per heavy atom. The zero-order valence-corrected chi connectivity index (χ0v) is 30.0. The smallest absolute Gasteiger partial charge is 0.144 e. The molecule has 0 atom stereocenters. The van der Waals surface area contributed by atoms with E-state index >= 15 is 0 Å². The van der Waals surface area contributed by atoms with Gasteiger partial charge < -0.3 is 4.42 Å². The molecule has 55 heavy (non-hydrogen) atoms. The highest BCUT2D eigenvalue weighted by Crippen LogP contribution is 2.41. The van der Waals surface area contributed by atoms with Crippen LogP contribution in [0.3, 0.4) is 0 Å². The van der Waals surface area contributed by atoms with Gasteiger partial charge in [-0.25, -0.2) is 9.97 Å². The minimum absolute atomic E-state index is 0.897. The lowest BCUT2D eigenvalue weighted by Crippen LogP contribution is -1.97. The van der Waals surface area contributed by atoms with Crippen LogP contribution in [-0.2, 0) is 6.42 Å². The van der Waals surface area contributed by atoms with Crippen molar-refractivity contribution in [3.8, 4) is 33.6 Å². The number of aryl methyl sites for hydroxylation is 1. The van der Waals surface area contributed by atoms with Gasteiger partial charge in [0.1, 0.15) is 11.2 Å². The van der Waals surface area contributed by atoms with Gasteiger partial charge >= 0.3 is 0 Å². The van der Waals surface area contributed by atoms with Crippen LogP contribution in [-0.4, -0.2) is 9.97 Å². The molecule has 258 valence electrons. The molecule has 3 heterocycles. The van der Waals surface area contributed by atoms with Crippen molar-refractivity contribution in [2.45, 2.75) is 12.8 Å². The second kappa shape index (κ2) is 12.8. The molecule has 3 aromatic heterocycles. The van der Waals surface area contributed by atoms with E-state index in [9.17, 15) is 0 Å². The molecule has 7 aromatic carbocycles. The first-order chi connectivity index (χ1) is 27.2. The summed E-state index contributed by atoms with van der Waals surface area (Å²) in [5.74, 6) is 0. The van der Waals surface area contributed by atoms with Crippen LogP contribution in [0.2, 0.25) is 0 Å². The predicted octanol–water partition coefficient (Wildman–Crippen LogP) is 13.9. The summed E-state index contributed by atoms with van der Waals surface area (Å²) in [5, 5.41) is 6.70. The molecule has 0 spiro atoms. The Bertz CT molecular complexity index is 3190. The highest BCUT2D eigenvalue weighted by Gasteiger charge is 2.18. The Labute approximate surface area is 318 Å². The molecule has 0 radical (unpaired) electrons. The first-order valence-electron chi connectivity index (χ1n) is 19.0. The average molecular weight is 703 g/mol. The van der Waals surface area contributed by atoms with Gasteiger partial charge in [0, 0.05) is 43.4 Å². The van der Waals surface area contributed by atoms with Crippen LogP contribution >= 0.6 is 0 Å². The predicted molar refractivity (Wildman–Crippen MR) is 230 cm³/mol. The van der Waals surface area contributed by atoms with E-state index in [1.165, 1.54) is 27.6 Å². The Kier molecular flexibility index (Phi) is 7.31. The maximum absolute atomic E-state index is 6.55. The summed E-state index contributed by atoms with van der Waals surface area (Å²) in [5.41, 5.74) is 15.3. The Balaban J connectivity index is 0.950. The first kappa shape index (κ1) is 31.4. The van der Waals surface area contributed by atoms with Gasteiger partial charge in [-0.1, -0.05) is 152 Å². The molecule has 10 aromatic rings. The summed E-state index contributed by atoms with van der Waals surface area (Å²) < 4.78 is 6.55. The second-order valence-corrected chi connectivity index (χ2v) is 14.4. The SMILES string of the molecule is C1=Cc2ccc3ccc(-c4ccc(-c5cccc(-c6nc7ccccc7c7c6ccc6c8ccccc8oc67)c5)cc4)nc3c2CCC=C1c1ccccc1. The molecule has 0 fully saturated rings. The lowest BCUT2D eigenvalue weighted by molar-refractivity contribution is 0.673. The fourth-order valence-electron chi connectivity index (χ4n) is 8.42. The minimum Gasteiger partial charge on any atom is -0.455 e. The molecule has 3 nitrogen and oxygen atoms in total. The third kappa shape index (κ3) is 5.35. The van der Waals surface area contributed by atoms with E-state index in [0.29, 0.717) is 0 Å². The van der Waals surface area contributed by atoms with Gasteiger partial charge in [0.25, 0.3) is 0 Å². The van der Waals surface area contributed by atoms with E-state index in [1.807, 2.05) is 12.1 Å². The largest absolute Gasteiger partial charge is 0.455 e. The van der Waals surface area contributed by atoms with Crippen LogP contribution in [0.25, 0.3) is 99.8 Å². The monoisotopic (exact) mass is 702 g/mol. The van der Waals surface area contributed by atoms with Crippen LogP contribution in [0.4, 0.5) is 0 Å². The van der Waals surface area contributed by atoms with Gasteiger partial charge in [-0.3, -0.25) is 0 Å². The number of allylic oxidation sites excluding steroid dienone is 3. The van der Waals surface area contributed by atoms with Crippen molar-refractivity contribution in [3.05, 3.63) is 193 Å². The molecule has 0 N–H and O–H groups in total. The van der Waals surface area contributed by atoms with E-state index in [1.54, 1.807) is 0 Å². The summed E-state index contributed by atoms with van der Waals surface area (Å²) in [6.07, 6.45) is 8.76. The fourth-order valence-corrected chi connectivity index (χ4v) is 8.42. The number of hydrogen-bond acceptors (Lipinski definition) is 3. The topological polar surface area (TPSA) is 38.9 Å². The molecular formula is C52H34N2O. The zero-order chi connectivity index (χ0) is 36.3. The summed E-state index contributed by atoms with van der Waals surface area (Å²) >= 11 is 0. The highest BCUT2D eigenvalue weighted by atomic mass is 16.3. The van der Waals surface area contributed by atoms with E-state index in [2.05, 4.69) is 170 Å². The average Bonchev–Trinajstić information content (AvgIpc) is 3.63. The lowest BCUT2D eigenvalue weighted by Gasteiger charge is -2.14. The Hall–Kier alpha value is -7.10. The lowest BCUT2D eigenvalue weighted by atomic mass is 9.93. The minimum atomic E-state index is 0.897. The van der Waals surface area contributed by atoms with Crippen molar-refractivity contribution < 1.29 is 4.42 Å². The van der Waals surface area contributed by atoms with E-state index in [4.69, 9.17) is 14.4 Å². The number of furan rings is 1. The van der Waals surface area contributed by atoms with Crippen molar-refractivity contribution in [3.63, 3.8) is 0 Å². The Morgan fingerprint density at radius 1 is 0.491 bits per heavy atom. The maximum Gasteiger partial charge on any atom is 0.144 e. The molecule has 0 unspecified atom stereocenters. The summed E-state index contributed by atoms with van der Waals surface area (Å²) in [6.45, 7) is 0. The third-order valence-electron chi connectivity index (χ3n) is 11.2. The molecule has 0 aliphatic heterocycles. The third-order valence-corrected chi connectivity index (χ3v) is 11.2. The molecule has 0 amide bonds. The number of aromatic nitrogens is 2. The zero-order valence-electron chi connectivity index (χ0n) is 30.0. The van der Waals surface area contributed by atoms with Crippen molar-refractivity contribution >= 4 is 66.2 Å². The molecular weight excluding hydrogens is 669 g/mol. The van der Waals surface area contributed by atoms with Crippen molar-refractivity contribution in [2.24, 2.45) is 0 Å². The summed E-state index contributed by atoms with van der Waals surface area (Å²) in [4.78, 5) is 10.5. The number of para-hydroxylation sites is 2. The van der Waals surface area contributed by atoms with Gasteiger partial charge in [0.15, 0.2) is 0 Å². The molecule has 0 bridgehead atoms. The van der Waals surface area contributed by atoms with Crippen molar-refractivity contribution in [1.29, 1.82) is 0 Å².